The summed E-state index contributed by atoms with van der Waals surface area (Å²) in [6, 6.07) is 13.3. The lowest BCUT2D eigenvalue weighted by molar-refractivity contribution is -0.129. The summed E-state index contributed by atoms with van der Waals surface area (Å²) in [5.41, 5.74) is 1.28. The van der Waals surface area contributed by atoms with Gasteiger partial charge >= 0.3 is 5.97 Å². The molecule has 0 radical (unpaired) electrons. The van der Waals surface area contributed by atoms with Gasteiger partial charge in [-0.15, -0.1) is 0 Å². The Morgan fingerprint density at radius 1 is 0.857 bits per heavy atom. The van der Waals surface area contributed by atoms with Crippen LogP contribution in [0.2, 0.25) is 20.1 Å². The normalized spacial score (nSPS) is 15.1. The highest BCUT2D eigenvalue weighted by Gasteiger charge is 2.25. The van der Waals surface area contributed by atoms with Crippen molar-refractivity contribution in [2.45, 2.75) is 0 Å². The van der Waals surface area contributed by atoms with Crippen molar-refractivity contribution >= 4 is 64.3 Å². The second kappa shape index (κ2) is 7.64. The summed E-state index contributed by atoms with van der Waals surface area (Å²) in [6.45, 7) is 0. The quantitative estimate of drug-likeness (QED) is 0.320. The van der Waals surface area contributed by atoms with E-state index in [-0.39, 0.29) is 11.6 Å². The fourth-order valence-electron chi connectivity index (χ4n) is 2.56. The molecule has 0 aliphatic carbocycles. The maximum absolute atomic E-state index is 12.1. The number of ether oxygens (including phenoxy) is 1. The van der Waals surface area contributed by atoms with Crippen LogP contribution in [0.3, 0.4) is 0 Å². The van der Waals surface area contributed by atoms with Gasteiger partial charge in [0.05, 0.1) is 15.1 Å². The molecule has 0 unspecified atom stereocenters. The minimum Gasteiger partial charge on any atom is -0.457 e. The van der Waals surface area contributed by atoms with Gasteiger partial charge in [0.25, 0.3) is 0 Å². The first-order valence-electron chi connectivity index (χ1n) is 7.94. The average molecular weight is 453 g/mol. The average Bonchev–Trinajstić information content (AvgIpc) is 3.27. The molecule has 28 heavy (non-hydrogen) atoms. The molecule has 2 heterocycles. The first-order valence-corrected chi connectivity index (χ1v) is 9.45. The number of hydrogen-bond acceptors (Lipinski definition) is 4. The van der Waals surface area contributed by atoms with Crippen LogP contribution in [0.5, 0.6) is 0 Å². The highest BCUT2D eigenvalue weighted by Crippen LogP contribution is 2.33. The lowest BCUT2D eigenvalue weighted by Gasteiger charge is -2.01. The fraction of sp³-hybridized carbons (Fsp3) is 0. The summed E-state index contributed by atoms with van der Waals surface area (Å²) in [7, 11) is 0. The van der Waals surface area contributed by atoms with E-state index in [1.54, 1.807) is 48.5 Å². The Morgan fingerprint density at radius 3 is 2.43 bits per heavy atom. The van der Waals surface area contributed by atoms with Gasteiger partial charge in [0.15, 0.2) is 5.70 Å². The Kier molecular flexibility index (Phi) is 5.21. The molecule has 1 aliphatic heterocycles. The van der Waals surface area contributed by atoms with Crippen LogP contribution in [0.4, 0.5) is 0 Å². The molecule has 0 amide bonds. The van der Waals surface area contributed by atoms with Gasteiger partial charge in [-0.1, -0.05) is 46.4 Å². The minimum atomic E-state index is -0.597. The molecule has 1 aromatic heterocycles. The summed E-state index contributed by atoms with van der Waals surface area (Å²) in [5, 5.41) is 1.77. The van der Waals surface area contributed by atoms with Gasteiger partial charge in [0, 0.05) is 22.2 Å². The number of nitrogens with zero attached hydrogens (tertiary/aromatic N) is 1. The number of aliphatic imine (C=N–C) groups is 1. The number of rotatable bonds is 3. The molecule has 4 nitrogen and oxygen atoms in total. The van der Waals surface area contributed by atoms with Crippen molar-refractivity contribution in [3.63, 3.8) is 0 Å². The topological polar surface area (TPSA) is 51.8 Å². The maximum Gasteiger partial charge on any atom is 0.363 e. The van der Waals surface area contributed by atoms with E-state index >= 15 is 0 Å². The summed E-state index contributed by atoms with van der Waals surface area (Å²) in [5.74, 6) is 0.468. The zero-order chi connectivity index (χ0) is 19.8. The number of benzene rings is 2. The van der Waals surface area contributed by atoms with Gasteiger partial charge in [0.2, 0.25) is 5.90 Å². The van der Waals surface area contributed by atoms with Crippen molar-refractivity contribution in [3.05, 3.63) is 85.6 Å². The summed E-state index contributed by atoms with van der Waals surface area (Å²) in [6.07, 6.45) is 1.48. The standard InChI is InChI=1S/C20H9Cl4NO3/c21-11-2-5-14(22)13(8-11)18-6-3-12(27-18)9-17-20(26)28-19(25-17)10-1-4-15(23)16(24)7-10/h1-9H/b17-9-. The first-order chi connectivity index (χ1) is 13.4. The largest absolute Gasteiger partial charge is 0.457 e. The van der Waals surface area contributed by atoms with E-state index in [0.717, 1.165) is 0 Å². The van der Waals surface area contributed by atoms with Crippen LogP contribution in [0.1, 0.15) is 11.3 Å². The molecule has 0 N–H and O–H groups in total. The third-order valence-electron chi connectivity index (χ3n) is 3.89. The zero-order valence-corrected chi connectivity index (χ0v) is 16.9. The molecule has 8 heteroatoms. The van der Waals surface area contributed by atoms with E-state index in [0.29, 0.717) is 42.7 Å². The lowest BCUT2D eigenvalue weighted by atomic mass is 10.2. The van der Waals surface area contributed by atoms with Gasteiger partial charge in [-0.2, -0.15) is 0 Å². The Hall–Kier alpha value is -2.24. The van der Waals surface area contributed by atoms with E-state index in [1.165, 1.54) is 6.08 Å². The van der Waals surface area contributed by atoms with Crippen LogP contribution in [0, 0.1) is 0 Å². The Labute approximate surface area is 179 Å². The van der Waals surface area contributed by atoms with E-state index in [1.807, 2.05) is 0 Å². The summed E-state index contributed by atoms with van der Waals surface area (Å²) >= 11 is 24.1. The number of carbonyl (C=O) groups is 1. The van der Waals surface area contributed by atoms with E-state index in [4.69, 9.17) is 55.6 Å². The van der Waals surface area contributed by atoms with Gasteiger partial charge < -0.3 is 9.15 Å². The van der Waals surface area contributed by atoms with Crippen LogP contribution in [0.15, 0.2) is 63.6 Å². The SMILES string of the molecule is O=C1OC(c2ccc(Cl)c(Cl)c2)=N/C1=C\c1ccc(-c2cc(Cl)ccc2Cl)o1. The van der Waals surface area contributed by atoms with Crippen LogP contribution < -0.4 is 0 Å². The molecule has 3 aromatic rings. The maximum atomic E-state index is 12.1. The molecule has 0 fully saturated rings. The highest BCUT2D eigenvalue weighted by atomic mass is 35.5. The van der Waals surface area contributed by atoms with Crippen molar-refractivity contribution < 1.29 is 13.9 Å². The molecule has 0 bridgehead atoms. The highest BCUT2D eigenvalue weighted by molar-refractivity contribution is 6.42. The Balaban J connectivity index is 1.65. The molecule has 0 saturated heterocycles. The molecule has 1 aliphatic rings. The molecule has 140 valence electrons. The van der Waals surface area contributed by atoms with Crippen molar-refractivity contribution in [2.75, 3.05) is 0 Å². The molecule has 4 rings (SSSR count). The fourth-order valence-corrected chi connectivity index (χ4v) is 3.24. The molecule has 0 atom stereocenters. The predicted octanol–water partition coefficient (Wildman–Crippen LogP) is 6.90. The number of cyclic esters (lactones) is 1. The summed E-state index contributed by atoms with van der Waals surface area (Å²) < 4.78 is 11.0. The first kappa shape index (κ1) is 19.1. The number of hydrogen-bond donors (Lipinski definition) is 0. The number of esters is 1. The number of furan rings is 1. The molecule has 0 saturated carbocycles. The minimum absolute atomic E-state index is 0.0964. The third kappa shape index (κ3) is 3.82. The molecular formula is C20H9Cl4NO3. The van der Waals surface area contributed by atoms with Crippen LogP contribution in [-0.4, -0.2) is 11.9 Å². The van der Waals surface area contributed by atoms with E-state index in [2.05, 4.69) is 4.99 Å². The van der Waals surface area contributed by atoms with E-state index in [9.17, 15) is 4.79 Å². The molecule has 2 aromatic carbocycles. The Bertz CT molecular complexity index is 1160. The summed E-state index contributed by atoms with van der Waals surface area (Å²) in [4.78, 5) is 16.4. The van der Waals surface area contributed by atoms with Gasteiger partial charge in [-0.25, -0.2) is 9.79 Å². The number of carbonyl (C=O) groups excluding carboxylic acids is 1. The van der Waals surface area contributed by atoms with Crippen molar-refractivity contribution in [1.29, 1.82) is 0 Å². The van der Waals surface area contributed by atoms with E-state index < -0.39 is 5.97 Å². The second-order valence-corrected chi connectivity index (χ2v) is 7.45. The smallest absolute Gasteiger partial charge is 0.363 e. The number of halogens is 4. The molecular weight excluding hydrogens is 444 g/mol. The van der Waals surface area contributed by atoms with Crippen LogP contribution >= 0.6 is 46.4 Å². The zero-order valence-electron chi connectivity index (χ0n) is 13.9. The lowest BCUT2D eigenvalue weighted by Crippen LogP contribution is -2.05. The Morgan fingerprint density at radius 2 is 1.64 bits per heavy atom. The predicted molar refractivity (Wildman–Crippen MR) is 111 cm³/mol. The second-order valence-electron chi connectivity index (χ2n) is 5.79. The van der Waals surface area contributed by atoms with Crippen molar-refractivity contribution in [2.24, 2.45) is 4.99 Å². The van der Waals surface area contributed by atoms with Crippen LogP contribution in [0.25, 0.3) is 17.4 Å². The molecule has 0 spiro atoms. The monoisotopic (exact) mass is 451 g/mol. The van der Waals surface area contributed by atoms with Crippen LogP contribution in [-0.2, 0) is 9.53 Å². The van der Waals surface area contributed by atoms with Gasteiger partial charge in [0.1, 0.15) is 11.5 Å². The van der Waals surface area contributed by atoms with Gasteiger partial charge in [-0.3, -0.25) is 0 Å². The van der Waals surface area contributed by atoms with Gasteiger partial charge in [-0.05, 0) is 48.5 Å². The van der Waals surface area contributed by atoms with Crippen molar-refractivity contribution in [3.8, 4) is 11.3 Å². The third-order valence-corrected chi connectivity index (χ3v) is 5.19. The van der Waals surface area contributed by atoms with Crippen molar-refractivity contribution in [1.82, 2.24) is 0 Å².